The smallest absolute Gasteiger partial charge is 0.330 e. The van der Waals surface area contributed by atoms with Gasteiger partial charge in [-0.05, 0) is 89.9 Å². The first-order chi connectivity index (χ1) is 21.4. The van der Waals surface area contributed by atoms with E-state index in [0.717, 1.165) is 89.2 Å². The van der Waals surface area contributed by atoms with Crippen LogP contribution in [0.15, 0.2) is 25.3 Å². The molecule has 0 bridgehead atoms. The average Bonchev–Trinajstić information content (AvgIpc) is 3.04. The van der Waals surface area contributed by atoms with E-state index in [1.165, 1.54) is 0 Å². The first-order valence-electron chi connectivity index (χ1n) is 16.5. The van der Waals surface area contributed by atoms with Crippen LogP contribution in [0, 0.1) is 47.4 Å². The summed E-state index contributed by atoms with van der Waals surface area (Å²) in [6.07, 6.45) is 11.1. The molecule has 0 aromatic rings. The summed E-state index contributed by atoms with van der Waals surface area (Å²) < 4.78 is 51.9. The molecule has 0 heterocycles. The fraction of sp³-hybridized carbons (Fsp3) is 0.722. The maximum Gasteiger partial charge on any atom is 0.330 e. The van der Waals surface area contributed by atoms with Gasteiger partial charge < -0.3 is 18.9 Å². The molecule has 3 rings (SSSR count). The van der Waals surface area contributed by atoms with Gasteiger partial charge in [-0.25, -0.2) is 18.4 Å². The molecule has 3 saturated carbocycles. The summed E-state index contributed by atoms with van der Waals surface area (Å²) in [4.78, 5) is 22.1. The van der Waals surface area contributed by atoms with Gasteiger partial charge in [0.15, 0.2) is 0 Å². The monoisotopic (exact) mass is 616 g/mol. The first-order valence-corrected chi connectivity index (χ1v) is 16.5. The Bertz CT molecular complexity index is 941. The SMILES string of the molecule is C=CC(=O)OCCCCOC1CCC(C#CC2CC(F)C(C#CC3CCC(OCCCCOC(=O)C=C)CC3)CC2F)CC1. The van der Waals surface area contributed by atoms with Gasteiger partial charge in [0, 0.05) is 37.2 Å². The molecule has 3 aliphatic carbocycles. The maximum atomic E-state index is 15.0. The van der Waals surface area contributed by atoms with Crippen LogP contribution in [0.25, 0.3) is 0 Å². The second-order valence-corrected chi connectivity index (χ2v) is 12.1. The molecule has 3 fully saturated rings. The molecule has 0 N–H and O–H groups in total. The molecule has 8 heteroatoms. The molecule has 3 aliphatic rings. The first kappa shape index (κ1) is 35.8. The Balaban J connectivity index is 1.27. The normalized spacial score (nSPS) is 30.0. The van der Waals surface area contributed by atoms with Crippen LogP contribution in [0.3, 0.4) is 0 Å². The van der Waals surface area contributed by atoms with E-state index >= 15 is 8.78 Å². The number of hydrogen-bond donors (Lipinski definition) is 0. The van der Waals surface area contributed by atoms with Gasteiger partial charge in [0.25, 0.3) is 0 Å². The van der Waals surface area contributed by atoms with Crippen LogP contribution >= 0.6 is 0 Å². The number of alkyl halides is 2. The van der Waals surface area contributed by atoms with E-state index in [2.05, 4.69) is 36.8 Å². The van der Waals surface area contributed by atoms with Crippen molar-refractivity contribution in [2.24, 2.45) is 23.7 Å². The number of carbonyl (C=O) groups is 2. The van der Waals surface area contributed by atoms with Crippen molar-refractivity contribution >= 4 is 11.9 Å². The minimum Gasteiger partial charge on any atom is -0.463 e. The van der Waals surface area contributed by atoms with Gasteiger partial charge in [-0.15, -0.1) is 0 Å². The fourth-order valence-electron chi connectivity index (χ4n) is 5.98. The molecule has 4 unspecified atom stereocenters. The highest BCUT2D eigenvalue weighted by Crippen LogP contribution is 2.34. The van der Waals surface area contributed by atoms with Gasteiger partial charge in [-0.2, -0.15) is 0 Å². The summed E-state index contributed by atoms with van der Waals surface area (Å²) in [7, 11) is 0. The number of unbranched alkanes of at least 4 members (excludes halogenated alkanes) is 2. The number of hydrogen-bond acceptors (Lipinski definition) is 6. The summed E-state index contributed by atoms with van der Waals surface area (Å²) in [6, 6.07) is 0. The number of rotatable bonds is 14. The Morgan fingerprint density at radius 3 is 1.32 bits per heavy atom. The van der Waals surface area contributed by atoms with E-state index < -0.39 is 36.1 Å². The molecular weight excluding hydrogens is 566 g/mol. The third-order valence-corrected chi connectivity index (χ3v) is 8.73. The highest BCUT2D eigenvalue weighted by molar-refractivity contribution is 5.81. The predicted molar refractivity (Wildman–Crippen MR) is 166 cm³/mol. The Labute approximate surface area is 262 Å². The van der Waals surface area contributed by atoms with Crippen molar-refractivity contribution in [1.82, 2.24) is 0 Å². The van der Waals surface area contributed by atoms with Crippen LogP contribution in [-0.4, -0.2) is 62.9 Å². The Morgan fingerprint density at radius 1 is 0.591 bits per heavy atom. The Morgan fingerprint density at radius 2 is 0.955 bits per heavy atom. The van der Waals surface area contributed by atoms with Crippen molar-refractivity contribution in [1.29, 1.82) is 0 Å². The predicted octanol–water partition coefficient (Wildman–Crippen LogP) is 6.87. The molecular formula is C36H50F2O6. The lowest BCUT2D eigenvalue weighted by Gasteiger charge is -2.30. The summed E-state index contributed by atoms with van der Waals surface area (Å²) in [6.45, 7) is 8.76. The van der Waals surface area contributed by atoms with E-state index in [-0.39, 0.29) is 36.9 Å². The van der Waals surface area contributed by atoms with Crippen molar-refractivity contribution in [3.63, 3.8) is 0 Å². The lowest BCUT2D eigenvalue weighted by molar-refractivity contribution is -0.138. The van der Waals surface area contributed by atoms with Gasteiger partial charge in [0.05, 0.1) is 37.3 Å². The number of halogens is 2. The van der Waals surface area contributed by atoms with E-state index in [9.17, 15) is 9.59 Å². The molecule has 4 atom stereocenters. The molecule has 0 aromatic carbocycles. The van der Waals surface area contributed by atoms with Gasteiger partial charge in [0.2, 0.25) is 0 Å². The van der Waals surface area contributed by atoms with E-state index in [1.54, 1.807) is 0 Å². The van der Waals surface area contributed by atoms with E-state index in [0.29, 0.717) is 26.4 Å². The Hall–Kier alpha value is -2.68. The fourth-order valence-corrected chi connectivity index (χ4v) is 5.98. The second-order valence-electron chi connectivity index (χ2n) is 12.1. The minimum atomic E-state index is -1.15. The zero-order valence-corrected chi connectivity index (χ0v) is 26.1. The number of ether oxygens (including phenoxy) is 4. The van der Waals surface area contributed by atoms with Crippen molar-refractivity contribution in [3.05, 3.63) is 25.3 Å². The van der Waals surface area contributed by atoms with E-state index in [4.69, 9.17) is 18.9 Å². The van der Waals surface area contributed by atoms with Crippen molar-refractivity contribution in [3.8, 4) is 23.7 Å². The van der Waals surface area contributed by atoms with Crippen LogP contribution in [0.1, 0.15) is 89.9 Å². The molecule has 0 saturated heterocycles. The summed E-state index contributed by atoms with van der Waals surface area (Å²) in [5, 5.41) is 0. The minimum absolute atomic E-state index is 0.113. The van der Waals surface area contributed by atoms with Gasteiger partial charge in [-0.1, -0.05) is 36.8 Å². The Kier molecular flexibility index (Phi) is 16.6. The second kappa shape index (κ2) is 20.4. The van der Waals surface area contributed by atoms with Crippen molar-refractivity contribution in [2.75, 3.05) is 26.4 Å². The number of esters is 2. The van der Waals surface area contributed by atoms with Crippen LogP contribution in [-0.2, 0) is 28.5 Å². The van der Waals surface area contributed by atoms with E-state index in [1.807, 2.05) is 0 Å². The summed E-state index contributed by atoms with van der Waals surface area (Å²) in [5.41, 5.74) is 0. The lowest BCUT2D eigenvalue weighted by atomic mass is 9.78. The molecule has 0 aromatic heterocycles. The zero-order valence-electron chi connectivity index (χ0n) is 26.1. The van der Waals surface area contributed by atoms with Crippen LogP contribution in [0.5, 0.6) is 0 Å². The lowest BCUT2D eigenvalue weighted by Crippen LogP contribution is -2.33. The molecule has 244 valence electrons. The van der Waals surface area contributed by atoms with Crippen LogP contribution < -0.4 is 0 Å². The zero-order chi connectivity index (χ0) is 31.6. The third kappa shape index (κ3) is 13.5. The highest BCUT2D eigenvalue weighted by atomic mass is 19.1. The largest absolute Gasteiger partial charge is 0.463 e. The molecule has 44 heavy (non-hydrogen) atoms. The van der Waals surface area contributed by atoms with Gasteiger partial charge >= 0.3 is 11.9 Å². The van der Waals surface area contributed by atoms with Crippen molar-refractivity contribution < 1.29 is 37.3 Å². The quantitative estimate of drug-likeness (QED) is 0.0919. The summed E-state index contributed by atoms with van der Waals surface area (Å²) in [5.74, 6) is 11.2. The van der Waals surface area contributed by atoms with Gasteiger partial charge in [0.1, 0.15) is 12.3 Å². The molecule has 0 amide bonds. The average molecular weight is 617 g/mol. The van der Waals surface area contributed by atoms with Crippen LogP contribution in [0.2, 0.25) is 0 Å². The highest BCUT2D eigenvalue weighted by Gasteiger charge is 2.36. The topological polar surface area (TPSA) is 71.1 Å². The standard InChI is InChI=1S/C36H50F2O6/c1-3-35(39)43-23-7-5-21-41-31-17-11-27(12-18-31)9-15-29-25-34(38)30(26-33(29)37)16-10-28-13-19-32(20-14-28)42-22-6-8-24-44-36(40)4-2/h3-4,27-34H,1-2,5-8,11-14,17-26H2. The third-order valence-electron chi connectivity index (χ3n) is 8.73. The molecule has 0 radical (unpaired) electrons. The maximum absolute atomic E-state index is 15.0. The van der Waals surface area contributed by atoms with Gasteiger partial charge in [-0.3, -0.25) is 0 Å². The molecule has 0 spiro atoms. The molecule has 0 aliphatic heterocycles. The van der Waals surface area contributed by atoms with Crippen LogP contribution in [0.4, 0.5) is 8.78 Å². The number of carbonyl (C=O) groups excluding carboxylic acids is 2. The summed E-state index contributed by atoms with van der Waals surface area (Å²) >= 11 is 0. The van der Waals surface area contributed by atoms with Crippen molar-refractivity contribution in [2.45, 2.75) is 114 Å². The molecule has 6 nitrogen and oxygen atoms in total.